The first-order valence-corrected chi connectivity index (χ1v) is 11.6. The van der Waals surface area contributed by atoms with Gasteiger partial charge >= 0.3 is 0 Å². The van der Waals surface area contributed by atoms with E-state index in [1.54, 1.807) is 6.20 Å². The van der Waals surface area contributed by atoms with E-state index < -0.39 is 0 Å². The van der Waals surface area contributed by atoms with Gasteiger partial charge in [-0.3, -0.25) is 9.48 Å². The van der Waals surface area contributed by atoms with Crippen LogP contribution in [0, 0.1) is 0 Å². The molecule has 0 radical (unpaired) electrons. The molecule has 162 valence electrons. The molecule has 0 aliphatic heterocycles. The standard InChI is InChI=1S/C23H23N7OS/c31-22(16-32-23-26-27-28-30(23)20-10-11-20)24-14-19-4-1-2-5-21(19)18-8-6-17(7-9-18)15-29-13-3-12-25-29/h1-9,12-13,20H,10-11,14-16H2,(H,24,31). The van der Waals surface area contributed by atoms with Crippen LogP contribution in [0.1, 0.15) is 30.0 Å². The number of nitrogens with one attached hydrogen (secondary N) is 1. The zero-order valence-electron chi connectivity index (χ0n) is 17.5. The molecule has 0 bridgehead atoms. The van der Waals surface area contributed by atoms with Crippen LogP contribution in [-0.2, 0) is 17.9 Å². The molecule has 1 fully saturated rings. The maximum atomic E-state index is 12.4. The average molecular weight is 446 g/mol. The van der Waals surface area contributed by atoms with Gasteiger partial charge in [-0.05, 0) is 51.6 Å². The van der Waals surface area contributed by atoms with Gasteiger partial charge in [-0.25, -0.2) is 4.68 Å². The van der Waals surface area contributed by atoms with Gasteiger partial charge in [0.1, 0.15) is 0 Å². The quantitative estimate of drug-likeness (QED) is 0.398. The normalized spacial score (nSPS) is 13.2. The molecular formula is C23H23N7OS. The van der Waals surface area contributed by atoms with Crippen LogP contribution in [0.3, 0.4) is 0 Å². The molecule has 9 heteroatoms. The van der Waals surface area contributed by atoms with Gasteiger partial charge in [0, 0.05) is 18.9 Å². The molecule has 2 heterocycles. The molecule has 1 aliphatic carbocycles. The number of hydrogen-bond acceptors (Lipinski definition) is 6. The van der Waals surface area contributed by atoms with Crippen molar-refractivity contribution in [2.24, 2.45) is 0 Å². The van der Waals surface area contributed by atoms with E-state index in [1.807, 2.05) is 39.8 Å². The second kappa shape index (κ2) is 9.35. The minimum absolute atomic E-state index is 0.0373. The second-order valence-corrected chi connectivity index (χ2v) is 8.70. The smallest absolute Gasteiger partial charge is 0.230 e. The maximum Gasteiger partial charge on any atom is 0.230 e. The van der Waals surface area contributed by atoms with Crippen molar-refractivity contribution in [1.82, 2.24) is 35.3 Å². The molecular weight excluding hydrogens is 422 g/mol. The number of nitrogens with zero attached hydrogens (tertiary/aromatic N) is 6. The third kappa shape index (κ3) is 4.88. The molecule has 2 aromatic carbocycles. The van der Waals surface area contributed by atoms with E-state index in [9.17, 15) is 4.79 Å². The maximum absolute atomic E-state index is 12.4. The van der Waals surface area contributed by atoms with E-state index in [0.29, 0.717) is 17.7 Å². The summed E-state index contributed by atoms with van der Waals surface area (Å²) < 4.78 is 3.73. The zero-order valence-corrected chi connectivity index (χ0v) is 18.3. The van der Waals surface area contributed by atoms with Gasteiger partial charge < -0.3 is 5.32 Å². The zero-order chi connectivity index (χ0) is 21.8. The topological polar surface area (TPSA) is 90.5 Å². The molecule has 1 N–H and O–H groups in total. The summed E-state index contributed by atoms with van der Waals surface area (Å²) in [5.74, 6) is 0.252. The lowest BCUT2D eigenvalue weighted by Crippen LogP contribution is -2.25. The number of benzene rings is 2. The fourth-order valence-corrected chi connectivity index (χ4v) is 4.30. The summed E-state index contributed by atoms with van der Waals surface area (Å²) in [5, 5.41) is 19.8. The molecule has 8 nitrogen and oxygen atoms in total. The molecule has 32 heavy (non-hydrogen) atoms. The van der Waals surface area contributed by atoms with Crippen molar-refractivity contribution in [2.45, 2.75) is 37.1 Å². The lowest BCUT2D eigenvalue weighted by molar-refractivity contribution is -0.118. The molecule has 5 rings (SSSR count). The van der Waals surface area contributed by atoms with Gasteiger partial charge in [-0.1, -0.05) is 60.3 Å². The molecule has 4 aromatic rings. The number of carbonyl (C=O) groups is 1. The van der Waals surface area contributed by atoms with E-state index in [-0.39, 0.29) is 11.7 Å². The minimum Gasteiger partial charge on any atom is -0.351 e. The Morgan fingerprint density at radius 1 is 1.09 bits per heavy atom. The van der Waals surface area contributed by atoms with Crippen LogP contribution in [0.4, 0.5) is 0 Å². The SMILES string of the molecule is O=C(CSc1nnnn1C1CC1)NCc1ccccc1-c1ccc(Cn2cccn2)cc1. The molecule has 2 aromatic heterocycles. The predicted octanol–water partition coefficient (Wildman–Crippen LogP) is 3.33. The predicted molar refractivity (Wildman–Crippen MR) is 122 cm³/mol. The van der Waals surface area contributed by atoms with Crippen molar-refractivity contribution < 1.29 is 4.79 Å². The average Bonchev–Trinajstić information content (AvgIpc) is 3.33. The van der Waals surface area contributed by atoms with Gasteiger partial charge in [0.2, 0.25) is 11.1 Å². The number of hydrogen-bond donors (Lipinski definition) is 1. The van der Waals surface area contributed by atoms with Gasteiger partial charge in [0.25, 0.3) is 0 Å². The third-order valence-electron chi connectivity index (χ3n) is 5.35. The van der Waals surface area contributed by atoms with Gasteiger partial charge in [-0.15, -0.1) is 5.10 Å². The van der Waals surface area contributed by atoms with Crippen molar-refractivity contribution in [3.8, 4) is 11.1 Å². The van der Waals surface area contributed by atoms with Crippen LogP contribution in [0.2, 0.25) is 0 Å². The van der Waals surface area contributed by atoms with E-state index >= 15 is 0 Å². The van der Waals surface area contributed by atoms with Crippen LogP contribution >= 0.6 is 11.8 Å². The fraction of sp³-hybridized carbons (Fsp3) is 0.261. The Labute approximate surface area is 190 Å². The van der Waals surface area contributed by atoms with Gasteiger partial charge in [0.15, 0.2) is 0 Å². The Kier molecular flexibility index (Phi) is 5.98. The summed E-state index contributed by atoms with van der Waals surface area (Å²) in [6.07, 6.45) is 5.94. The van der Waals surface area contributed by atoms with Crippen molar-refractivity contribution in [2.75, 3.05) is 5.75 Å². The molecule has 1 aliphatic rings. The summed E-state index contributed by atoms with van der Waals surface area (Å²) in [6, 6.07) is 18.9. The Morgan fingerprint density at radius 3 is 2.72 bits per heavy atom. The van der Waals surface area contributed by atoms with Crippen molar-refractivity contribution in [3.05, 3.63) is 78.1 Å². The first-order valence-electron chi connectivity index (χ1n) is 10.6. The van der Waals surface area contributed by atoms with Crippen LogP contribution in [0.25, 0.3) is 11.1 Å². The first-order chi connectivity index (χ1) is 15.8. The van der Waals surface area contributed by atoms with Crippen LogP contribution in [0.15, 0.2) is 72.1 Å². The highest BCUT2D eigenvalue weighted by atomic mass is 32.2. The summed E-state index contributed by atoms with van der Waals surface area (Å²) in [5.41, 5.74) is 4.50. The Balaban J connectivity index is 1.19. The molecule has 0 atom stereocenters. The van der Waals surface area contributed by atoms with E-state index in [1.165, 1.54) is 17.3 Å². The Morgan fingerprint density at radius 2 is 1.94 bits per heavy atom. The van der Waals surface area contributed by atoms with E-state index in [0.717, 1.165) is 36.1 Å². The third-order valence-corrected chi connectivity index (χ3v) is 6.28. The lowest BCUT2D eigenvalue weighted by atomic mass is 9.98. The molecule has 0 unspecified atom stereocenters. The Hall–Kier alpha value is -3.46. The first kappa shape index (κ1) is 20.4. The number of carbonyl (C=O) groups excluding carboxylic acids is 1. The summed E-state index contributed by atoms with van der Waals surface area (Å²) in [7, 11) is 0. The van der Waals surface area contributed by atoms with Crippen LogP contribution < -0.4 is 5.32 Å². The van der Waals surface area contributed by atoms with Gasteiger partial charge in [0.05, 0.1) is 18.3 Å². The number of tetrazole rings is 1. The molecule has 1 amide bonds. The molecule has 0 spiro atoms. The highest BCUT2D eigenvalue weighted by molar-refractivity contribution is 7.99. The lowest BCUT2D eigenvalue weighted by Gasteiger charge is -2.12. The van der Waals surface area contributed by atoms with Crippen molar-refractivity contribution >= 4 is 17.7 Å². The summed E-state index contributed by atoms with van der Waals surface area (Å²) in [4.78, 5) is 12.4. The molecule has 0 saturated heterocycles. The van der Waals surface area contributed by atoms with Crippen molar-refractivity contribution in [3.63, 3.8) is 0 Å². The second-order valence-electron chi connectivity index (χ2n) is 7.76. The Bertz CT molecular complexity index is 1180. The highest BCUT2D eigenvalue weighted by Crippen LogP contribution is 2.36. The molecule has 1 saturated carbocycles. The van der Waals surface area contributed by atoms with Crippen LogP contribution in [-0.4, -0.2) is 41.6 Å². The van der Waals surface area contributed by atoms with E-state index in [2.05, 4.69) is 56.3 Å². The number of amides is 1. The van der Waals surface area contributed by atoms with Gasteiger partial charge in [-0.2, -0.15) is 5.10 Å². The fourth-order valence-electron chi connectivity index (χ4n) is 3.53. The van der Waals surface area contributed by atoms with Crippen molar-refractivity contribution in [1.29, 1.82) is 0 Å². The highest BCUT2D eigenvalue weighted by Gasteiger charge is 2.28. The van der Waals surface area contributed by atoms with E-state index in [4.69, 9.17) is 0 Å². The number of aromatic nitrogens is 6. The summed E-state index contributed by atoms with van der Waals surface area (Å²) >= 11 is 1.38. The number of rotatable bonds is 9. The largest absolute Gasteiger partial charge is 0.351 e. The van der Waals surface area contributed by atoms with Crippen LogP contribution in [0.5, 0.6) is 0 Å². The number of thioether (sulfide) groups is 1. The summed E-state index contributed by atoms with van der Waals surface area (Å²) in [6.45, 7) is 1.21. The minimum atomic E-state index is -0.0373. The monoisotopic (exact) mass is 445 g/mol.